The summed E-state index contributed by atoms with van der Waals surface area (Å²) in [5.74, 6) is 0.715. The Kier molecular flexibility index (Phi) is 5.20. The topological polar surface area (TPSA) is 38.3 Å². The Morgan fingerprint density at radius 3 is 2.61 bits per heavy atom. The van der Waals surface area contributed by atoms with Crippen LogP contribution in [0.15, 0.2) is 18.2 Å². The summed E-state index contributed by atoms with van der Waals surface area (Å²) < 4.78 is 5.72. The lowest BCUT2D eigenvalue weighted by molar-refractivity contribution is -0.127. The molecule has 1 aromatic carbocycles. The SMILES string of the molecule is CC[C@H](C)NC(=O)[C@@H](C)Oc1cccc(C)c1C. The van der Waals surface area contributed by atoms with Crippen LogP contribution in [0.25, 0.3) is 0 Å². The summed E-state index contributed by atoms with van der Waals surface area (Å²) in [5, 5.41) is 2.92. The first-order chi connectivity index (χ1) is 8.45. The molecule has 1 N–H and O–H groups in total. The van der Waals surface area contributed by atoms with Gasteiger partial charge in [0.05, 0.1) is 0 Å². The zero-order chi connectivity index (χ0) is 13.7. The van der Waals surface area contributed by atoms with Crippen LogP contribution < -0.4 is 10.1 Å². The van der Waals surface area contributed by atoms with Crippen LogP contribution >= 0.6 is 0 Å². The molecule has 0 saturated heterocycles. The van der Waals surface area contributed by atoms with Crippen molar-refractivity contribution >= 4 is 5.91 Å². The number of rotatable bonds is 5. The molecule has 0 unspecified atom stereocenters. The van der Waals surface area contributed by atoms with Crippen molar-refractivity contribution in [3.05, 3.63) is 29.3 Å². The van der Waals surface area contributed by atoms with E-state index in [1.165, 1.54) is 5.56 Å². The highest BCUT2D eigenvalue weighted by Gasteiger charge is 2.17. The number of benzene rings is 1. The molecule has 0 aliphatic heterocycles. The first-order valence-electron chi connectivity index (χ1n) is 6.49. The van der Waals surface area contributed by atoms with Crippen molar-refractivity contribution in [2.45, 2.75) is 53.2 Å². The molecule has 0 fully saturated rings. The second kappa shape index (κ2) is 6.43. The number of ether oxygens (including phenoxy) is 1. The van der Waals surface area contributed by atoms with Crippen LogP contribution in [-0.2, 0) is 4.79 Å². The maximum Gasteiger partial charge on any atom is 0.260 e. The fourth-order valence-corrected chi connectivity index (χ4v) is 1.56. The van der Waals surface area contributed by atoms with Gasteiger partial charge in [-0.25, -0.2) is 0 Å². The lowest BCUT2D eigenvalue weighted by Crippen LogP contribution is -2.41. The summed E-state index contributed by atoms with van der Waals surface area (Å²) in [6.45, 7) is 9.85. The van der Waals surface area contributed by atoms with Crippen molar-refractivity contribution in [3.63, 3.8) is 0 Å². The van der Waals surface area contributed by atoms with Crippen LogP contribution in [0.2, 0.25) is 0 Å². The number of amides is 1. The van der Waals surface area contributed by atoms with Gasteiger partial charge in [-0.15, -0.1) is 0 Å². The van der Waals surface area contributed by atoms with Gasteiger partial charge >= 0.3 is 0 Å². The van der Waals surface area contributed by atoms with Crippen molar-refractivity contribution in [2.24, 2.45) is 0 Å². The lowest BCUT2D eigenvalue weighted by atomic mass is 10.1. The molecular formula is C15H23NO2. The largest absolute Gasteiger partial charge is 0.481 e. The molecule has 0 aromatic heterocycles. The van der Waals surface area contributed by atoms with E-state index >= 15 is 0 Å². The number of carbonyl (C=O) groups excluding carboxylic acids is 1. The number of hydrogen-bond acceptors (Lipinski definition) is 2. The molecule has 1 aromatic rings. The molecule has 18 heavy (non-hydrogen) atoms. The Labute approximate surface area is 110 Å². The van der Waals surface area contributed by atoms with Crippen molar-refractivity contribution in [1.29, 1.82) is 0 Å². The number of aryl methyl sites for hydroxylation is 1. The van der Waals surface area contributed by atoms with Crippen molar-refractivity contribution in [2.75, 3.05) is 0 Å². The quantitative estimate of drug-likeness (QED) is 0.871. The van der Waals surface area contributed by atoms with Crippen LogP contribution in [0, 0.1) is 13.8 Å². The molecule has 3 nitrogen and oxygen atoms in total. The second-order valence-corrected chi connectivity index (χ2v) is 4.78. The van der Waals surface area contributed by atoms with E-state index in [0.717, 1.165) is 17.7 Å². The number of nitrogens with one attached hydrogen (secondary N) is 1. The smallest absolute Gasteiger partial charge is 0.260 e. The van der Waals surface area contributed by atoms with E-state index in [1.807, 2.05) is 45.9 Å². The molecule has 0 aliphatic rings. The highest BCUT2D eigenvalue weighted by Crippen LogP contribution is 2.21. The van der Waals surface area contributed by atoms with E-state index in [9.17, 15) is 4.79 Å². The highest BCUT2D eigenvalue weighted by atomic mass is 16.5. The zero-order valence-electron chi connectivity index (χ0n) is 11.9. The molecular weight excluding hydrogens is 226 g/mol. The summed E-state index contributed by atoms with van der Waals surface area (Å²) >= 11 is 0. The van der Waals surface area contributed by atoms with Crippen molar-refractivity contribution < 1.29 is 9.53 Å². The molecule has 0 heterocycles. The van der Waals surface area contributed by atoms with Crippen LogP contribution in [0.3, 0.4) is 0 Å². The van der Waals surface area contributed by atoms with Gasteiger partial charge in [0.25, 0.3) is 5.91 Å². The predicted octanol–water partition coefficient (Wildman–Crippen LogP) is 2.99. The molecule has 100 valence electrons. The zero-order valence-corrected chi connectivity index (χ0v) is 11.9. The third kappa shape index (κ3) is 3.76. The molecule has 0 radical (unpaired) electrons. The molecule has 0 spiro atoms. The first-order valence-corrected chi connectivity index (χ1v) is 6.49. The fourth-order valence-electron chi connectivity index (χ4n) is 1.56. The van der Waals surface area contributed by atoms with E-state index in [1.54, 1.807) is 6.92 Å². The summed E-state index contributed by atoms with van der Waals surface area (Å²) in [6.07, 6.45) is 0.446. The van der Waals surface area contributed by atoms with Crippen LogP contribution in [0.4, 0.5) is 0 Å². The minimum atomic E-state index is -0.473. The molecule has 0 bridgehead atoms. The monoisotopic (exact) mass is 249 g/mol. The van der Waals surface area contributed by atoms with Crippen LogP contribution in [0.5, 0.6) is 5.75 Å². The molecule has 2 atom stereocenters. The molecule has 3 heteroatoms. The van der Waals surface area contributed by atoms with Gasteiger partial charge < -0.3 is 10.1 Å². The average Bonchev–Trinajstić information content (AvgIpc) is 2.34. The minimum Gasteiger partial charge on any atom is -0.481 e. The standard InChI is InChI=1S/C15H23NO2/c1-6-11(3)16-15(17)13(5)18-14-9-7-8-10(2)12(14)4/h7-9,11,13H,6H2,1-5H3,(H,16,17)/t11-,13+/m0/s1. The molecule has 0 saturated carbocycles. The Bertz CT molecular complexity index is 415. The van der Waals surface area contributed by atoms with Gasteiger partial charge in [0, 0.05) is 6.04 Å². The lowest BCUT2D eigenvalue weighted by Gasteiger charge is -2.19. The van der Waals surface area contributed by atoms with Crippen molar-refractivity contribution in [3.8, 4) is 5.75 Å². The highest BCUT2D eigenvalue weighted by molar-refractivity contribution is 5.81. The molecule has 0 aliphatic carbocycles. The predicted molar refractivity (Wildman–Crippen MR) is 73.9 cm³/mol. The number of carbonyl (C=O) groups is 1. The van der Waals surface area contributed by atoms with Crippen LogP contribution in [0.1, 0.15) is 38.3 Å². The Hall–Kier alpha value is -1.51. The summed E-state index contributed by atoms with van der Waals surface area (Å²) in [4.78, 5) is 11.9. The number of hydrogen-bond donors (Lipinski definition) is 1. The van der Waals surface area contributed by atoms with Gasteiger partial charge in [-0.2, -0.15) is 0 Å². The summed E-state index contributed by atoms with van der Waals surface area (Å²) in [5.41, 5.74) is 2.25. The third-order valence-electron chi connectivity index (χ3n) is 3.23. The van der Waals surface area contributed by atoms with Gasteiger partial charge in [0.1, 0.15) is 5.75 Å². The second-order valence-electron chi connectivity index (χ2n) is 4.78. The average molecular weight is 249 g/mol. The van der Waals surface area contributed by atoms with E-state index in [-0.39, 0.29) is 11.9 Å². The summed E-state index contributed by atoms with van der Waals surface area (Å²) in [6, 6.07) is 6.06. The van der Waals surface area contributed by atoms with Gasteiger partial charge in [-0.1, -0.05) is 19.1 Å². The minimum absolute atomic E-state index is 0.0646. The van der Waals surface area contributed by atoms with E-state index in [2.05, 4.69) is 5.32 Å². The van der Waals surface area contributed by atoms with Gasteiger partial charge in [0.2, 0.25) is 0 Å². The van der Waals surface area contributed by atoms with E-state index < -0.39 is 6.10 Å². The molecule has 1 rings (SSSR count). The third-order valence-corrected chi connectivity index (χ3v) is 3.23. The normalized spacial score (nSPS) is 13.8. The van der Waals surface area contributed by atoms with E-state index in [0.29, 0.717) is 0 Å². The fraction of sp³-hybridized carbons (Fsp3) is 0.533. The Morgan fingerprint density at radius 1 is 1.33 bits per heavy atom. The van der Waals surface area contributed by atoms with Gasteiger partial charge in [-0.3, -0.25) is 4.79 Å². The van der Waals surface area contributed by atoms with Crippen LogP contribution in [-0.4, -0.2) is 18.1 Å². The van der Waals surface area contributed by atoms with Crippen molar-refractivity contribution in [1.82, 2.24) is 5.32 Å². The van der Waals surface area contributed by atoms with Gasteiger partial charge in [-0.05, 0) is 51.3 Å². The van der Waals surface area contributed by atoms with E-state index in [4.69, 9.17) is 4.74 Å². The first kappa shape index (κ1) is 14.6. The maximum absolute atomic E-state index is 11.9. The maximum atomic E-state index is 11.9. The summed E-state index contributed by atoms with van der Waals surface area (Å²) in [7, 11) is 0. The van der Waals surface area contributed by atoms with Gasteiger partial charge in [0.15, 0.2) is 6.10 Å². The molecule has 1 amide bonds. The Balaban J connectivity index is 2.67. The Morgan fingerprint density at radius 2 is 2.00 bits per heavy atom.